The Morgan fingerprint density at radius 3 is 2.00 bits per heavy atom. The van der Waals surface area contributed by atoms with Gasteiger partial charge in [-0.15, -0.1) is 0 Å². The summed E-state index contributed by atoms with van der Waals surface area (Å²) in [7, 11) is 1.66. The smallest absolute Gasteiger partial charge is 0.480 e. The van der Waals surface area contributed by atoms with Crippen LogP contribution in [-0.2, 0) is 0 Å². The lowest BCUT2D eigenvalue weighted by atomic mass is 9.91. The number of ether oxygens (including phenoxy) is 2. The van der Waals surface area contributed by atoms with Crippen LogP contribution in [0.5, 0.6) is 11.5 Å². The number of hydrogen-bond acceptors (Lipinski definition) is 4. The quantitative estimate of drug-likeness (QED) is 0.716. The Hall–Kier alpha value is -1.46. The van der Waals surface area contributed by atoms with Gasteiger partial charge in [0, 0.05) is 6.07 Å². The number of hydrogen-bond donors (Lipinski definition) is 2. The van der Waals surface area contributed by atoms with Crippen molar-refractivity contribution < 1.29 is 19.5 Å². The van der Waals surface area contributed by atoms with Crippen molar-refractivity contribution in [2.75, 3.05) is 14.2 Å². The average Bonchev–Trinajstić information content (AvgIpc) is 2.25. The Kier molecular flexibility index (Phi) is 4.21. The highest BCUT2D eigenvalue weighted by Gasteiger charge is 2.01. The van der Waals surface area contributed by atoms with E-state index < -0.39 is 7.12 Å². The zero-order chi connectivity index (χ0) is 11.3. The summed E-state index contributed by atoms with van der Waals surface area (Å²) in [6.07, 6.45) is 1.58. The van der Waals surface area contributed by atoms with Gasteiger partial charge in [0.2, 0.25) is 0 Å². The molecule has 0 saturated carbocycles. The van der Waals surface area contributed by atoms with Crippen LogP contribution in [0.2, 0.25) is 0 Å². The largest absolute Gasteiger partial charge is 0.497 e. The standard InChI is InChI=1S/C10H13BO4/c1-14-9-5-8(3-4-11(12)13)6-10(7-9)15-2/h3-7,12-13H,1-2H3. The van der Waals surface area contributed by atoms with Gasteiger partial charge in [0.1, 0.15) is 11.5 Å². The molecule has 0 atom stereocenters. The Bertz CT molecular complexity index is 327. The molecule has 0 aromatic heterocycles. The Morgan fingerprint density at radius 2 is 1.60 bits per heavy atom. The fourth-order valence-electron chi connectivity index (χ4n) is 1.12. The van der Waals surface area contributed by atoms with Crippen molar-refractivity contribution in [2.45, 2.75) is 0 Å². The molecule has 0 saturated heterocycles. The molecule has 2 N–H and O–H groups in total. The molecule has 0 radical (unpaired) electrons. The zero-order valence-electron chi connectivity index (χ0n) is 8.68. The predicted molar refractivity (Wildman–Crippen MR) is 58.8 cm³/mol. The minimum Gasteiger partial charge on any atom is -0.497 e. The van der Waals surface area contributed by atoms with Crippen LogP contribution in [0.4, 0.5) is 0 Å². The molecule has 0 unspecified atom stereocenters. The van der Waals surface area contributed by atoms with Gasteiger partial charge in [0.15, 0.2) is 0 Å². The van der Waals surface area contributed by atoms with Gasteiger partial charge in [-0.2, -0.15) is 0 Å². The van der Waals surface area contributed by atoms with Crippen LogP contribution in [0.15, 0.2) is 24.2 Å². The van der Waals surface area contributed by atoms with Gasteiger partial charge in [-0.25, -0.2) is 0 Å². The van der Waals surface area contributed by atoms with Crippen molar-refractivity contribution in [3.05, 3.63) is 29.7 Å². The van der Waals surface area contributed by atoms with Gasteiger partial charge in [-0.05, 0) is 17.7 Å². The van der Waals surface area contributed by atoms with E-state index in [-0.39, 0.29) is 0 Å². The van der Waals surface area contributed by atoms with Gasteiger partial charge in [0.25, 0.3) is 0 Å². The topological polar surface area (TPSA) is 58.9 Å². The molecule has 0 spiro atoms. The normalized spacial score (nSPS) is 10.4. The summed E-state index contributed by atoms with van der Waals surface area (Å²) >= 11 is 0. The summed E-state index contributed by atoms with van der Waals surface area (Å²) in [5.74, 6) is 2.57. The van der Waals surface area contributed by atoms with Crippen LogP contribution >= 0.6 is 0 Å². The van der Waals surface area contributed by atoms with Crippen LogP contribution in [0, 0.1) is 0 Å². The van der Waals surface area contributed by atoms with E-state index in [1.165, 1.54) is 5.98 Å². The van der Waals surface area contributed by atoms with Crippen molar-refractivity contribution >= 4 is 13.2 Å². The second kappa shape index (κ2) is 5.43. The van der Waals surface area contributed by atoms with Crippen molar-refractivity contribution in [1.82, 2.24) is 0 Å². The summed E-state index contributed by atoms with van der Waals surface area (Å²) in [6.45, 7) is 0. The van der Waals surface area contributed by atoms with Crippen LogP contribution in [0.3, 0.4) is 0 Å². The van der Waals surface area contributed by atoms with Crippen LogP contribution in [-0.4, -0.2) is 31.4 Å². The monoisotopic (exact) mass is 208 g/mol. The highest BCUT2D eigenvalue weighted by atomic mass is 16.5. The number of benzene rings is 1. The molecule has 0 bridgehead atoms. The molecule has 80 valence electrons. The second-order valence-electron chi connectivity index (χ2n) is 2.92. The third-order valence-electron chi connectivity index (χ3n) is 1.83. The molecule has 0 aliphatic rings. The van der Waals surface area contributed by atoms with E-state index in [1.54, 1.807) is 38.5 Å². The lowest BCUT2D eigenvalue weighted by molar-refractivity contribution is 0.394. The first kappa shape index (κ1) is 11.6. The SMILES string of the molecule is COc1cc(C=CB(O)O)cc(OC)c1. The van der Waals surface area contributed by atoms with Gasteiger partial charge in [0.05, 0.1) is 14.2 Å². The Balaban J connectivity index is 2.96. The molecule has 0 fully saturated rings. The lowest BCUT2D eigenvalue weighted by Gasteiger charge is -2.05. The fraction of sp³-hybridized carbons (Fsp3) is 0.200. The first-order chi connectivity index (χ1) is 7.15. The molecule has 0 aliphatic heterocycles. The number of rotatable bonds is 4. The van der Waals surface area contributed by atoms with Crippen molar-refractivity contribution in [2.24, 2.45) is 0 Å². The third-order valence-corrected chi connectivity index (χ3v) is 1.83. The van der Waals surface area contributed by atoms with Gasteiger partial charge >= 0.3 is 7.12 Å². The van der Waals surface area contributed by atoms with Crippen LogP contribution in [0.25, 0.3) is 6.08 Å². The molecule has 1 aromatic rings. The second-order valence-corrected chi connectivity index (χ2v) is 2.92. The molecule has 4 nitrogen and oxygen atoms in total. The highest BCUT2D eigenvalue weighted by Crippen LogP contribution is 2.23. The van der Waals surface area contributed by atoms with Gasteiger partial charge in [-0.3, -0.25) is 0 Å². The Morgan fingerprint density at radius 1 is 1.07 bits per heavy atom. The molecule has 1 aromatic carbocycles. The van der Waals surface area contributed by atoms with Crippen molar-refractivity contribution in [1.29, 1.82) is 0 Å². The summed E-state index contributed by atoms with van der Waals surface area (Å²) in [6, 6.07) is 5.27. The molecule has 0 aliphatic carbocycles. The summed E-state index contributed by atoms with van der Waals surface area (Å²) < 4.78 is 10.1. The molecular formula is C10H13BO4. The van der Waals surface area contributed by atoms with E-state index in [0.717, 1.165) is 5.56 Å². The van der Waals surface area contributed by atoms with E-state index in [4.69, 9.17) is 19.5 Å². The van der Waals surface area contributed by atoms with E-state index in [1.807, 2.05) is 0 Å². The maximum Gasteiger partial charge on any atom is 0.480 e. The number of methoxy groups -OCH3 is 2. The van der Waals surface area contributed by atoms with E-state index in [9.17, 15) is 0 Å². The van der Waals surface area contributed by atoms with Crippen molar-refractivity contribution in [3.8, 4) is 11.5 Å². The predicted octanol–water partition coefficient (Wildman–Crippen LogP) is 0.729. The molecular weight excluding hydrogens is 195 g/mol. The molecule has 0 amide bonds. The summed E-state index contributed by atoms with van der Waals surface area (Å²) in [5, 5.41) is 17.3. The molecule has 5 heteroatoms. The minimum absolute atomic E-state index is 0.654. The van der Waals surface area contributed by atoms with Crippen LogP contribution in [0.1, 0.15) is 5.56 Å². The maximum atomic E-state index is 8.67. The third kappa shape index (κ3) is 3.65. The minimum atomic E-state index is -1.46. The highest BCUT2D eigenvalue weighted by molar-refractivity contribution is 6.48. The zero-order valence-corrected chi connectivity index (χ0v) is 8.68. The molecule has 15 heavy (non-hydrogen) atoms. The Labute approximate surface area is 88.9 Å². The van der Waals surface area contributed by atoms with E-state index in [2.05, 4.69) is 0 Å². The fourth-order valence-corrected chi connectivity index (χ4v) is 1.12. The maximum absolute atomic E-state index is 8.67. The molecule has 0 heterocycles. The average molecular weight is 208 g/mol. The van der Waals surface area contributed by atoms with Gasteiger partial charge in [-0.1, -0.05) is 12.1 Å². The first-order valence-corrected chi connectivity index (χ1v) is 4.43. The summed E-state index contributed by atoms with van der Waals surface area (Å²) in [4.78, 5) is 0. The summed E-state index contributed by atoms with van der Waals surface area (Å²) in [5.41, 5.74) is 0.777. The van der Waals surface area contributed by atoms with E-state index in [0.29, 0.717) is 11.5 Å². The van der Waals surface area contributed by atoms with E-state index >= 15 is 0 Å². The first-order valence-electron chi connectivity index (χ1n) is 4.43. The van der Waals surface area contributed by atoms with Crippen LogP contribution < -0.4 is 9.47 Å². The van der Waals surface area contributed by atoms with Crippen molar-refractivity contribution in [3.63, 3.8) is 0 Å². The van der Waals surface area contributed by atoms with Gasteiger partial charge < -0.3 is 19.5 Å². The lowest BCUT2D eigenvalue weighted by Crippen LogP contribution is -2.05. The molecule has 1 rings (SSSR count).